The molecule has 5 nitrogen and oxygen atoms in total. The molecular weight excluding hydrogens is 374 g/mol. The van der Waals surface area contributed by atoms with Crippen molar-refractivity contribution in [2.75, 3.05) is 20.2 Å². The van der Waals surface area contributed by atoms with Crippen molar-refractivity contribution >= 4 is 21.6 Å². The fourth-order valence-electron chi connectivity index (χ4n) is 2.96. The third kappa shape index (κ3) is 4.90. The summed E-state index contributed by atoms with van der Waals surface area (Å²) in [5, 5.41) is 0.600. The lowest BCUT2D eigenvalue weighted by Crippen LogP contribution is -2.42. The minimum absolute atomic E-state index is 0.00578. The zero-order valence-corrected chi connectivity index (χ0v) is 16.2. The predicted octanol–water partition coefficient (Wildman–Crippen LogP) is 3.72. The summed E-state index contributed by atoms with van der Waals surface area (Å²) in [5.74, 6) is 1.54. The molecular formula is C19H22ClNO4S. The number of piperidine rings is 1. The highest BCUT2D eigenvalue weighted by molar-refractivity contribution is 7.88. The zero-order chi connectivity index (χ0) is 18.6. The predicted molar refractivity (Wildman–Crippen MR) is 102 cm³/mol. The van der Waals surface area contributed by atoms with Crippen LogP contribution in [0.5, 0.6) is 11.5 Å². The maximum absolute atomic E-state index is 12.6. The van der Waals surface area contributed by atoms with Gasteiger partial charge in [0, 0.05) is 18.1 Å². The Hall–Kier alpha value is -1.76. The van der Waals surface area contributed by atoms with Crippen molar-refractivity contribution in [2.45, 2.75) is 24.7 Å². The maximum Gasteiger partial charge on any atom is 0.218 e. The highest BCUT2D eigenvalue weighted by Crippen LogP contribution is 2.24. The molecule has 140 valence electrons. The van der Waals surface area contributed by atoms with Crippen LogP contribution in [-0.4, -0.2) is 39.0 Å². The largest absolute Gasteiger partial charge is 0.497 e. The first kappa shape index (κ1) is 19.0. The highest BCUT2D eigenvalue weighted by Gasteiger charge is 2.29. The number of methoxy groups -OCH3 is 1. The quantitative estimate of drug-likeness (QED) is 0.748. The molecule has 1 aliphatic heterocycles. The van der Waals surface area contributed by atoms with Crippen molar-refractivity contribution in [2.24, 2.45) is 0 Å². The third-order valence-electron chi connectivity index (χ3n) is 4.42. The molecule has 0 unspecified atom stereocenters. The summed E-state index contributed by atoms with van der Waals surface area (Å²) in [5.41, 5.74) is 0.742. The van der Waals surface area contributed by atoms with E-state index < -0.39 is 10.0 Å². The maximum atomic E-state index is 12.6. The molecule has 7 heteroatoms. The number of ether oxygens (including phenoxy) is 2. The number of hydrogen-bond donors (Lipinski definition) is 0. The summed E-state index contributed by atoms with van der Waals surface area (Å²) in [4.78, 5) is 0. The number of sulfonamides is 1. The van der Waals surface area contributed by atoms with Gasteiger partial charge in [0.15, 0.2) is 0 Å². The van der Waals surface area contributed by atoms with E-state index in [1.807, 2.05) is 24.3 Å². The molecule has 1 aliphatic rings. The van der Waals surface area contributed by atoms with Gasteiger partial charge in [-0.1, -0.05) is 23.7 Å². The van der Waals surface area contributed by atoms with Crippen molar-refractivity contribution in [1.82, 2.24) is 4.31 Å². The third-order valence-corrected chi connectivity index (χ3v) is 6.52. The Morgan fingerprint density at radius 1 is 1.00 bits per heavy atom. The molecule has 0 spiro atoms. The Bertz CT molecular complexity index is 814. The van der Waals surface area contributed by atoms with Gasteiger partial charge in [-0.25, -0.2) is 12.7 Å². The summed E-state index contributed by atoms with van der Waals surface area (Å²) in [7, 11) is -1.72. The van der Waals surface area contributed by atoms with Crippen LogP contribution < -0.4 is 9.47 Å². The average Bonchev–Trinajstić information content (AvgIpc) is 2.64. The van der Waals surface area contributed by atoms with Crippen LogP contribution in [0.1, 0.15) is 18.4 Å². The molecule has 1 fully saturated rings. The van der Waals surface area contributed by atoms with Crippen LogP contribution in [0, 0.1) is 0 Å². The molecule has 26 heavy (non-hydrogen) atoms. The minimum Gasteiger partial charge on any atom is -0.497 e. The zero-order valence-electron chi connectivity index (χ0n) is 14.6. The topological polar surface area (TPSA) is 55.8 Å². The van der Waals surface area contributed by atoms with Gasteiger partial charge in [-0.3, -0.25) is 0 Å². The Morgan fingerprint density at radius 2 is 1.58 bits per heavy atom. The second-order valence-electron chi connectivity index (χ2n) is 6.27. The highest BCUT2D eigenvalue weighted by atomic mass is 35.5. The number of nitrogens with zero attached hydrogens (tertiary/aromatic N) is 1. The molecule has 0 bridgehead atoms. The minimum atomic E-state index is -3.34. The number of halogens is 1. The number of rotatable bonds is 6. The van der Waals surface area contributed by atoms with E-state index in [0.717, 1.165) is 17.1 Å². The van der Waals surface area contributed by atoms with Crippen LogP contribution in [0.3, 0.4) is 0 Å². The first-order valence-corrected chi connectivity index (χ1v) is 10.5. The van der Waals surface area contributed by atoms with Gasteiger partial charge in [0.2, 0.25) is 10.0 Å². The van der Waals surface area contributed by atoms with Crippen LogP contribution in [0.4, 0.5) is 0 Å². The van der Waals surface area contributed by atoms with E-state index in [0.29, 0.717) is 31.0 Å². The van der Waals surface area contributed by atoms with Crippen LogP contribution in [0.2, 0.25) is 5.02 Å². The normalized spacial score (nSPS) is 16.4. The molecule has 2 aromatic carbocycles. The fraction of sp³-hybridized carbons (Fsp3) is 0.368. The molecule has 0 aliphatic carbocycles. The summed E-state index contributed by atoms with van der Waals surface area (Å²) in [6.07, 6.45) is 1.36. The lowest BCUT2D eigenvalue weighted by Gasteiger charge is -2.31. The van der Waals surface area contributed by atoms with Gasteiger partial charge >= 0.3 is 0 Å². The molecule has 3 rings (SSSR count). The molecule has 0 N–H and O–H groups in total. The monoisotopic (exact) mass is 395 g/mol. The van der Waals surface area contributed by atoms with E-state index in [4.69, 9.17) is 21.1 Å². The van der Waals surface area contributed by atoms with E-state index in [1.54, 1.807) is 35.7 Å². The molecule has 0 saturated carbocycles. The van der Waals surface area contributed by atoms with Gasteiger partial charge in [-0.2, -0.15) is 0 Å². The SMILES string of the molecule is COc1ccc(OC2CCN(S(=O)(=O)Cc3ccc(Cl)cc3)CC2)cc1. The molecule has 1 saturated heterocycles. The summed E-state index contributed by atoms with van der Waals surface area (Å²) < 4.78 is 37.9. The number of benzene rings is 2. The lowest BCUT2D eigenvalue weighted by molar-refractivity contribution is 0.135. The van der Waals surface area contributed by atoms with Gasteiger partial charge in [-0.05, 0) is 54.8 Å². The second-order valence-corrected chi connectivity index (χ2v) is 8.68. The van der Waals surface area contributed by atoms with Crippen molar-refractivity contribution in [3.63, 3.8) is 0 Å². The van der Waals surface area contributed by atoms with Crippen LogP contribution >= 0.6 is 11.6 Å². The van der Waals surface area contributed by atoms with Crippen molar-refractivity contribution < 1.29 is 17.9 Å². The summed E-state index contributed by atoms with van der Waals surface area (Å²) in [6, 6.07) is 14.3. The van der Waals surface area contributed by atoms with Crippen LogP contribution in [0.15, 0.2) is 48.5 Å². The molecule has 0 aromatic heterocycles. The van der Waals surface area contributed by atoms with Crippen molar-refractivity contribution in [3.05, 3.63) is 59.1 Å². The lowest BCUT2D eigenvalue weighted by atomic mass is 10.1. The van der Waals surface area contributed by atoms with E-state index in [9.17, 15) is 8.42 Å². The van der Waals surface area contributed by atoms with E-state index in [2.05, 4.69) is 0 Å². The molecule has 0 atom stereocenters. The Labute approximate surface area is 159 Å². The Kier molecular flexibility index (Phi) is 6.06. The number of hydrogen-bond acceptors (Lipinski definition) is 4. The van der Waals surface area contributed by atoms with E-state index in [1.165, 1.54) is 0 Å². The van der Waals surface area contributed by atoms with Gasteiger partial charge in [0.1, 0.15) is 17.6 Å². The Morgan fingerprint density at radius 3 is 2.15 bits per heavy atom. The summed E-state index contributed by atoms with van der Waals surface area (Å²) >= 11 is 5.85. The molecule has 0 radical (unpaired) electrons. The van der Waals surface area contributed by atoms with Gasteiger partial charge in [-0.15, -0.1) is 0 Å². The molecule has 2 aromatic rings. The standard InChI is InChI=1S/C19H22ClNO4S/c1-24-17-6-8-18(9-7-17)25-19-10-12-21(13-11-19)26(22,23)14-15-2-4-16(20)5-3-15/h2-9,19H,10-14H2,1H3. The smallest absolute Gasteiger partial charge is 0.218 e. The average molecular weight is 396 g/mol. The van der Waals surface area contributed by atoms with Gasteiger partial charge < -0.3 is 9.47 Å². The van der Waals surface area contributed by atoms with E-state index >= 15 is 0 Å². The van der Waals surface area contributed by atoms with Crippen LogP contribution in [-0.2, 0) is 15.8 Å². The van der Waals surface area contributed by atoms with Crippen molar-refractivity contribution in [1.29, 1.82) is 0 Å². The Balaban J connectivity index is 1.54. The molecule has 1 heterocycles. The van der Waals surface area contributed by atoms with Gasteiger partial charge in [0.05, 0.1) is 12.9 Å². The van der Waals surface area contributed by atoms with Crippen LogP contribution in [0.25, 0.3) is 0 Å². The second kappa shape index (κ2) is 8.29. The first-order valence-electron chi connectivity index (χ1n) is 8.49. The van der Waals surface area contributed by atoms with Crippen molar-refractivity contribution in [3.8, 4) is 11.5 Å². The first-order chi connectivity index (χ1) is 12.5. The fourth-order valence-corrected chi connectivity index (χ4v) is 4.65. The molecule has 0 amide bonds. The van der Waals surface area contributed by atoms with Gasteiger partial charge in [0.25, 0.3) is 0 Å². The summed E-state index contributed by atoms with van der Waals surface area (Å²) in [6.45, 7) is 0.938. The van der Waals surface area contributed by atoms with E-state index in [-0.39, 0.29) is 11.9 Å².